The summed E-state index contributed by atoms with van der Waals surface area (Å²) < 4.78 is 68.3. The number of carbonyl (C=O) groups excluding carboxylic acids is 4. The number of carbonyl (C=O) groups is 4. The van der Waals surface area contributed by atoms with Crippen LogP contribution in [-0.2, 0) is 65.4 Å². The van der Waals surface area contributed by atoms with Gasteiger partial charge in [-0.05, 0) is 37.5 Å². The predicted molar refractivity (Wildman–Crippen MR) is 372 cm³/mol. The molecule has 0 heterocycles. The van der Waals surface area contributed by atoms with Gasteiger partial charge in [-0.3, -0.25) is 37.3 Å². The van der Waals surface area contributed by atoms with E-state index in [1.165, 1.54) is 180 Å². The molecule has 0 bridgehead atoms. The average molecular weight is 1350 g/mol. The summed E-state index contributed by atoms with van der Waals surface area (Å²) in [5.41, 5.74) is 0. The van der Waals surface area contributed by atoms with Crippen LogP contribution in [0, 0.1) is 11.8 Å². The molecular formula is C73H142O17P2. The molecule has 0 radical (unpaired) electrons. The Morgan fingerprint density at radius 3 is 0.772 bits per heavy atom. The number of hydrogen-bond acceptors (Lipinski definition) is 15. The third-order valence-corrected chi connectivity index (χ3v) is 19.6. The van der Waals surface area contributed by atoms with Crippen LogP contribution in [0.2, 0.25) is 0 Å². The maximum absolute atomic E-state index is 13.1. The smallest absolute Gasteiger partial charge is 0.462 e. The SMILES string of the molecule is CCCCCCCCCCCCCCCC(=O)O[C@H](COC(=O)CCCCCCCCC)COP(=O)(O)OC[C@H](O)COP(=O)(O)OC[C@@H](COC(=O)CCCCCCCCCCCCC(C)CC)OC(=O)CCCCCCCCCCCCCCCCC(C)CC. The lowest BCUT2D eigenvalue weighted by atomic mass is 9.99. The summed E-state index contributed by atoms with van der Waals surface area (Å²) in [7, 11) is -9.90. The van der Waals surface area contributed by atoms with Crippen LogP contribution in [0.25, 0.3) is 0 Å². The van der Waals surface area contributed by atoms with Gasteiger partial charge in [-0.15, -0.1) is 0 Å². The normalized spacial score (nSPS) is 14.7. The maximum atomic E-state index is 13.1. The lowest BCUT2D eigenvalue weighted by molar-refractivity contribution is -0.161. The van der Waals surface area contributed by atoms with Gasteiger partial charge in [0, 0.05) is 25.7 Å². The summed E-state index contributed by atoms with van der Waals surface area (Å²) in [5, 5.41) is 10.6. The summed E-state index contributed by atoms with van der Waals surface area (Å²) in [5.74, 6) is -0.467. The largest absolute Gasteiger partial charge is 0.472 e. The molecule has 0 aromatic heterocycles. The van der Waals surface area contributed by atoms with E-state index in [-0.39, 0.29) is 25.7 Å². The molecule has 0 saturated heterocycles. The summed E-state index contributed by atoms with van der Waals surface area (Å²) in [6.45, 7) is 9.62. The van der Waals surface area contributed by atoms with Crippen molar-refractivity contribution in [1.82, 2.24) is 0 Å². The maximum Gasteiger partial charge on any atom is 0.472 e. The zero-order valence-corrected chi connectivity index (χ0v) is 61.6. The zero-order chi connectivity index (χ0) is 67.9. The Labute approximate surface area is 562 Å². The van der Waals surface area contributed by atoms with Crippen molar-refractivity contribution in [2.24, 2.45) is 11.8 Å². The number of phosphoric ester groups is 2. The topological polar surface area (TPSA) is 237 Å². The van der Waals surface area contributed by atoms with Crippen molar-refractivity contribution in [3.8, 4) is 0 Å². The highest BCUT2D eigenvalue weighted by molar-refractivity contribution is 7.47. The Morgan fingerprint density at radius 1 is 0.304 bits per heavy atom. The second-order valence-electron chi connectivity index (χ2n) is 26.8. The van der Waals surface area contributed by atoms with Crippen molar-refractivity contribution in [2.45, 2.75) is 394 Å². The molecule has 0 saturated carbocycles. The molecule has 19 heteroatoms. The first kappa shape index (κ1) is 90.1. The molecule has 0 aromatic carbocycles. The zero-order valence-electron chi connectivity index (χ0n) is 59.9. The van der Waals surface area contributed by atoms with Crippen LogP contribution in [0.15, 0.2) is 0 Å². The van der Waals surface area contributed by atoms with Gasteiger partial charge >= 0.3 is 39.5 Å². The molecule has 0 aliphatic heterocycles. The van der Waals surface area contributed by atoms with E-state index < -0.39 is 97.5 Å². The van der Waals surface area contributed by atoms with Crippen molar-refractivity contribution in [3.05, 3.63) is 0 Å². The molecule has 0 rings (SSSR count). The number of esters is 4. The minimum Gasteiger partial charge on any atom is -0.462 e. The standard InChI is InChI=1S/C73H142O17P2/c1-7-11-13-15-17-18-19-22-26-33-39-45-51-57-72(77)89-68(61-83-70(75)55-49-43-35-16-14-12-8-2)63-87-91(79,80)85-59-67(74)60-86-92(81,82)88-64-69(62-84-71(76)56-50-44-38-32-29-28-31-37-42-48-54-66(6)10-4)90-73(78)58-52-46-40-34-27-24-21-20-23-25-30-36-41-47-53-65(5)9-3/h65-69,74H,7-64H2,1-6H3,(H,79,80)(H,81,82)/t65?,66?,67-,68+,69+/m0/s1. The molecule has 0 aliphatic rings. The Hall–Kier alpha value is -1.94. The van der Waals surface area contributed by atoms with Gasteiger partial charge in [0.15, 0.2) is 12.2 Å². The molecule has 546 valence electrons. The van der Waals surface area contributed by atoms with Gasteiger partial charge in [-0.2, -0.15) is 0 Å². The van der Waals surface area contributed by atoms with E-state index in [0.717, 1.165) is 115 Å². The van der Waals surface area contributed by atoms with Crippen molar-refractivity contribution in [3.63, 3.8) is 0 Å². The molecule has 0 fully saturated rings. The number of aliphatic hydroxyl groups excluding tert-OH is 1. The van der Waals surface area contributed by atoms with E-state index in [1.54, 1.807) is 0 Å². The molecule has 92 heavy (non-hydrogen) atoms. The van der Waals surface area contributed by atoms with E-state index in [4.69, 9.17) is 37.0 Å². The first-order chi connectivity index (χ1) is 44.4. The van der Waals surface area contributed by atoms with Gasteiger partial charge in [-0.25, -0.2) is 9.13 Å². The van der Waals surface area contributed by atoms with Crippen LogP contribution in [0.3, 0.4) is 0 Å². The van der Waals surface area contributed by atoms with Crippen molar-refractivity contribution < 1.29 is 80.2 Å². The van der Waals surface area contributed by atoms with Gasteiger partial charge in [0.05, 0.1) is 26.4 Å². The van der Waals surface area contributed by atoms with Gasteiger partial charge < -0.3 is 33.8 Å². The van der Waals surface area contributed by atoms with Gasteiger partial charge in [0.2, 0.25) is 0 Å². The van der Waals surface area contributed by atoms with Crippen LogP contribution in [0.4, 0.5) is 0 Å². The van der Waals surface area contributed by atoms with Crippen LogP contribution < -0.4 is 0 Å². The molecule has 0 aromatic rings. The fourth-order valence-corrected chi connectivity index (χ4v) is 12.6. The molecule has 7 atom stereocenters. The van der Waals surface area contributed by atoms with Crippen molar-refractivity contribution in [2.75, 3.05) is 39.6 Å². The number of aliphatic hydroxyl groups is 1. The average Bonchev–Trinajstić information content (AvgIpc) is 1.46. The highest BCUT2D eigenvalue weighted by atomic mass is 31.2. The molecule has 0 aliphatic carbocycles. The molecule has 3 N–H and O–H groups in total. The van der Waals surface area contributed by atoms with E-state index in [2.05, 4.69) is 41.5 Å². The summed E-state index contributed by atoms with van der Waals surface area (Å²) >= 11 is 0. The van der Waals surface area contributed by atoms with E-state index in [0.29, 0.717) is 25.7 Å². The quantitative estimate of drug-likeness (QED) is 0.0222. The minimum atomic E-state index is -4.95. The molecule has 0 spiro atoms. The second-order valence-corrected chi connectivity index (χ2v) is 29.7. The first-order valence-electron chi connectivity index (χ1n) is 38.1. The third kappa shape index (κ3) is 64.1. The van der Waals surface area contributed by atoms with Crippen molar-refractivity contribution >= 4 is 39.5 Å². The molecule has 4 unspecified atom stereocenters. The van der Waals surface area contributed by atoms with Crippen LogP contribution in [0.1, 0.15) is 375 Å². The minimum absolute atomic E-state index is 0.107. The second kappa shape index (κ2) is 65.0. The number of hydrogen-bond donors (Lipinski definition) is 3. The highest BCUT2D eigenvalue weighted by Crippen LogP contribution is 2.45. The number of unbranched alkanes of at least 4 members (excludes halogenated alkanes) is 40. The highest BCUT2D eigenvalue weighted by Gasteiger charge is 2.30. The molecular weight excluding hydrogens is 1210 g/mol. The van der Waals surface area contributed by atoms with E-state index in [1.807, 2.05) is 0 Å². The van der Waals surface area contributed by atoms with Gasteiger partial charge in [-0.1, -0.05) is 324 Å². The van der Waals surface area contributed by atoms with E-state index >= 15 is 0 Å². The monoisotopic (exact) mass is 1350 g/mol. The molecule has 17 nitrogen and oxygen atoms in total. The Balaban J connectivity index is 5.21. The summed E-state index contributed by atoms with van der Waals surface area (Å²) in [6.07, 6.45) is 51.2. The lowest BCUT2D eigenvalue weighted by Gasteiger charge is -2.21. The lowest BCUT2D eigenvalue weighted by Crippen LogP contribution is -2.30. The number of phosphoric acid groups is 2. The Bertz CT molecular complexity index is 1790. The summed E-state index contributed by atoms with van der Waals surface area (Å²) in [4.78, 5) is 72.6. The number of rotatable bonds is 72. The van der Waals surface area contributed by atoms with Crippen LogP contribution in [0.5, 0.6) is 0 Å². The van der Waals surface area contributed by atoms with Crippen LogP contribution in [-0.4, -0.2) is 96.7 Å². The summed E-state index contributed by atoms with van der Waals surface area (Å²) in [6, 6.07) is 0. The first-order valence-corrected chi connectivity index (χ1v) is 41.1. The van der Waals surface area contributed by atoms with E-state index in [9.17, 15) is 43.2 Å². The van der Waals surface area contributed by atoms with Crippen molar-refractivity contribution in [1.29, 1.82) is 0 Å². The Kier molecular flexibility index (Phi) is 63.7. The fourth-order valence-electron chi connectivity index (χ4n) is 11.1. The van der Waals surface area contributed by atoms with Crippen LogP contribution >= 0.6 is 15.6 Å². The fraction of sp³-hybridized carbons (Fsp3) is 0.945. The third-order valence-electron chi connectivity index (χ3n) is 17.7. The Morgan fingerprint density at radius 2 is 0.522 bits per heavy atom. The predicted octanol–water partition coefficient (Wildman–Crippen LogP) is 21.2. The number of ether oxygens (including phenoxy) is 4. The van der Waals surface area contributed by atoms with Gasteiger partial charge in [0.1, 0.15) is 19.3 Å². The molecule has 0 amide bonds. The van der Waals surface area contributed by atoms with Gasteiger partial charge in [0.25, 0.3) is 0 Å².